The molecule has 0 aromatic heterocycles. The van der Waals surface area contributed by atoms with Crippen molar-refractivity contribution in [3.8, 4) is 0 Å². The van der Waals surface area contributed by atoms with Crippen LogP contribution < -0.4 is 5.32 Å². The molecule has 1 atom stereocenters. The molecule has 0 aliphatic heterocycles. The van der Waals surface area contributed by atoms with E-state index in [1.165, 1.54) is 6.92 Å². The lowest BCUT2D eigenvalue weighted by Crippen LogP contribution is -2.26. The summed E-state index contributed by atoms with van der Waals surface area (Å²) in [6, 6.07) is 6.53. The molecule has 1 aromatic carbocycles. The quantitative estimate of drug-likeness (QED) is 0.660. The van der Waals surface area contributed by atoms with Crippen molar-refractivity contribution < 1.29 is 19.8 Å². The van der Waals surface area contributed by atoms with Gasteiger partial charge in [0.15, 0.2) is 0 Å². The van der Waals surface area contributed by atoms with Crippen LogP contribution in [0.4, 0.5) is 5.69 Å². The number of aliphatic hydroxyl groups is 1. The minimum atomic E-state index is -1.16. The summed E-state index contributed by atoms with van der Waals surface area (Å²) < 4.78 is 0. The molecule has 0 fully saturated rings. The van der Waals surface area contributed by atoms with Crippen LogP contribution in [0.3, 0.4) is 0 Å². The van der Waals surface area contributed by atoms with E-state index in [1.54, 1.807) is 24.3 Å². The van der Waals surface area contributed by atoms with Gasteiger partial charge >= 0.3 is 5.97 Å². The Labute approximate surface area is 92.7 Å². The van der Waals surface area contributed by atoms with Gasteiger partial charge in [0.05, 0.1) is 6.61 Å². The van der Waals surface area contributed by atoms with Crippen molar-refractivity contribution in [2.75, 3.05) is 5.32 Å². The van der Waals surface area contributed by atoms with Gasteiger partial charge in [-0.2, -0.15) is 0 Å². The maximum atomic E-state index is 11.4. The van der Waals surface area contributed by atoms with Crippen LogP contribution in [0.25, 0.3) is 0 Å². The van der Waals surface area contributed by atoms with Crippen molar-refractivity contribution in [1.29, 1.82) is 0 Å². The van der Waals surface area contributed by atoms with E-state index < -0.39 is 17.8 Å². The maximum absolute atomic E-state index is 11.4. The number of carboxylic acid groups (broad SMARTS) is 1. The van der Waals surface area contributed by atoms with Crippen molar-refractivity contribution in [1.82, 2.24) is 0 Å². The lowest BCUT2D eigenvalue weighted by atomic mass is 10.1. The van der Waals surface area contributed by atoms with Crippen LogP contribution in [0.5, 0.6) is 0 Å². The number of carbonyl (C=O) groups excluding carboxylic acids is 1. The molecule has 0 saturated heterocycles. The fourth-order valence-electron chi connectivity index (χ4n) is 1.06. The maximum Gasteiger partial charge on any atom is 0.315 e. The summed E-state index contributed by atoms with van der Waals surface area (Å²) in [6.07, 6.45) is 0. The van der Waals surface area contributed by atoms with Gasteiger partial charge in [0.25, 0.3) is 0 Å². The second kappa shape index (κ2) is 5.27. The minimum Gasteiger partial charge on any atom is -0.481 e. The van der Waals surface area contributed by atoms with Gasteiger partial charge < -0.3 is 15.5 Å². The summed E-state index contributed by atoms with van der Waals surface area (Å²) in [4.78, 5) is 21.9. The highest BCUT2D eigenvalue weighted by Crippen LogP contribution is 2.11. The molecular formula is C11H13NO4. The van der Waals surface area contributed by atoms with Crippen molar-refractivity contribution in [2.24, 2.45) is 5.92 Å². The van der Waals surface area contributed by atoms with Crippen LogP contribution >= 0.6 is 0 Å². The summed E-state index contributed by atoms with van der Waals surface area (Å²) in [6.45, 7) is 1.25. The number of carbonyl (C=O) groups is 2. The molecule has 0 aliphatic rings. The average molecular weight is 223 g/mol. The number of amides is 1. The van der Waals surface area contributed by atoms with Crippen LogP contribution in [0.1, 0.15) is 12.5 Å². The van der Waals surface area contributed by atoms with E-state index in [0.717, 1.165) is 5.56 Å². The number of anilines is 1. The van der Waals surface area contributed by atoms with Crippen molar-refractivity contribution in [2.45, 2.75) is 13.5 Å². The van der Waals surface area contributed by atoms with Gasteiger partial charge in [-0.1, -0.05) is 12.1 Å². The monoisotopic (exact) mass is 223 g/mol. The highest BCUT2D eigenvalue weighted by atomic mass is 16.4. The molecule has 86 valence electrons. The molecule has 0 heterocycles. The highest BCUT2D eigenvalue weighted by Gasteiger charge is 2.20. The van der Waals surface area contributed by atoms with E-state index in [9.17, 15) is 9.59 Å². The number of aliphatic hydroxyl groups excluding tert-OH is 1. The van der Waals surface area contributed by atoms with E-state index in [1.807, 2.05) is 0 Å². The van der Waals surface area contributed by atoms with Crippen LogP contribution in [0.2, 0.25) is 0 Å². The zero-order valence-electron chi connectivity index (χ0n) is 8.80. The van der Waals surface area contributed by atoms with E-state index >= 15 is 0 Å². The lowest BCUT2D eigenvalue weighted by Gasteiger charge is -2.08. The Morgan fingerprint density at radius 2 is 1.88 bits per heavy atom. The molecule has 0 spiro atoms. The first-order valence-electron chi connectivity index (χ1n) is 4.78. The fourth-order valence-corrected chi connectivity index (χ4v) is 1.06. The Balaban J connectivity index is 2.66. The molecule has 1 rings (SSSR count). The van der Waals surface area contributed by atoms with E-state index in [2.05, 4.69) is 5.32 Å². The number of carboxylic acids is 1. The van der Waals surface area contributed by atoms with Crippen LogP contribution in [-0.4, -0.2) is 22.1 Å². The minimum absolute atomic E-state index is 0.0697. The first-order chi connectivity index (χ1) is 7.54. The SMILES string of the molecule is CC(C(=O)O)C(=O)Nc1ccc(CO)cc1. The normalized spacial score (nSPS) is 11.9. The second-order valence-corrected chi connectivity index (χ2v) is 3.40. The van der Waals surface area contributed by atoms with Crippen molar-refractivity contribution in [3.63, 3.8) is 0 Å². The number of nitrogens with one attached hydrogen (secondary N) is 1. The van der Waals surface area contributed by atoms with Gasteiger partial charge in [-0.3, -0.25) is 9.59 Å². The fraction of sp³-hybridized carbons (Fsp3) is 0.273. The van der Waals surface area contributed by atoms with Crippen molar-refractivity contribution in [3.05, 3.63) is 29.8 Å². The lowest BCUT2D eigenvalue weighted by molar-refractivity contribution is -0.144. The molecule has 0 aliphatic carbocycles. The number of aliphatic carboxylic acids is 1. The molecule has 0 bridgehead atoms. The molecule has 1 unspecified atom stereocenters. The van der Waals surface area contributed by atoms with Crippen LogP contribution in [-0.2, 0) is 16.2 Å². The van der Waals surface area contributed by atoms with Gasteiger partial charge in [0.1, 0.15) is 5.92 Å². The zero-order valence-corrected chi connectivity index (χ0v) is 8.80. The van der Waals surface area contributed by atoms with E-state index in [-0.39, 0.29) is 6.61 Å². The summed E-state index contributed by atoms with van der Waals surface area (Å²) >= 11 is 0. The second-order valence-electron chi connectivity index (χ2n) is 3.40. The number of hydrogen-bond donors (Lipinski definition) is 3. The third-order valence-corrected chi connectivity index (χ3v) is 2.17. The summed E-state index contributed by atoms with van der Waals surface area (Å²) in [5, 5.41) is 19.9. The van der Waals surface area contributed by atoms with Gasteiger partial charge in [-0.25, -0.2) is 0 Å². The highest BCUT2D eigenvalue weighted by molar-refractivity contribution is 6.03. The molecule has 3 N–H and O–H groups in total. The van der Waals surface area contributed by atoms with Gasteiger partial charge in [0, 0.05) is 5.69 Å². The number of hydrogen-bond acceptors (Lipinski definition) is 3. The Hall–Kier alpha value is -1.88. The first-order valence-corrected chi connectivity index (χ1v) is 4.78. The van der Waals surface area contributed by atoms with Crippen LogP contribution in [0.15, 0.2) is 24.3 Å². The third-order valence-electron chi connectivity index (χ3n) is 2.17. The molecule has 16 heavy (non-hydrogen) atoms. The van der Waals surface area contributed by atoms with E-state index in [0.29, 0.717) is 5.69 Å². The summed E-state index contributed by atoms with van der Waals surface area (Å²) in [5.41, 5.74) is 1.24. The number of benzene rings is 1. The average Bonchev–Trinajstić information content (AvgIpc) is 2.28. The predicted octanol–water partition coefficient (Wildman–Crippen LogP) is 0.838. The molecular weight excluding hydrogens is 210 g/mol. The Bertz CT molecular complexity index is 385. The topological polar surface area (TPSA) is 86.6 Å². The van der Waals surface area contributed by atoms with Gasteiger partial charge in [-0.05, 0) is 24.6 Å². The molecule has 0 radical (unpaired) electrons. The zero-order chi connectivity index (χ0) is 12.1. The van der Waals surface area contributed by atoms with Crippen LogP contribution in [0, 0.1) is 5.92 Å². The molecule has 1 aromatic rings. The summed E-state index contributed by atoms with van der Waals surface area (Å²) in [7, 11) is 0. The molecule has 5 heteroatoms. The Kier molecular flexibility index (Phi) is 4.02. The van der Waals surface area contributed by atoms with Crippen molar-refractivity contribution >= 4 is 17.6 Å². The Morgan fingerprint density at radius 3 is 2.31 bits per heavy atom. The largest absolute Gasteiger partial charge is 0.481 e. The molecule has 5 nitrogen and oxygen atoms in total. The Morgan fingerprint density at radius 1 is 1.31 bits per heavy atom. The standard InChI is InChI=1S/C11H13NO4/c1-7(11(15)16)10(14)12-9-4-2-8(6-13)3-5-9/h2-5,7,13H,6H2,1H3,(H,12,14)(H,15,16). The molecule has 0 saturated carbocycles. The van der Waals surface area contributed by atoms with E-state index in [4.69, 9.17) is 10.2 Å². The third kappa shape index (κ3) is 3.06. The first kappa shape index (κ1) is 12.2. The summed E-state index contributed by atoms with van der Waals surface area (Å²) in [5.74, 6) is -2.81. The predicted molar refractivity (Wildman–Crippen MR) is 57.8 cm³/mol. The molecule has 1 amide bonds. The smallest absolute Gasteiger partial charge is 0.315 e. The van der Waals surface area contributed by atoms with Gasteiger partial charge in [0.2, 0.25) is 5.91 Å². The number of rotatable bonds is 4. The van der Waals surface area contributed by atoms with Gasteiger partial charge in [-0.15, -0.1) is 0 Å².